The molecule has 0 aliphatic rings. The number of halogens is 1. The SMILES string of the molecule is Cc1ccc(-c2nn3c4cc(Cl)ccc4nc3c3ccccc23)cc1. The zero-order chi connectivity index (χ0) is 17.0. The third-order valence-electron chi connectivity index (χ3n) is 4.54. The van der Waals surface area contributed by atoms with Crippen LogP contribution in [0.4, 0.5) is 0 Å². The number of fused-ring (bicyclic) bond motifs is 5. The Balaban J connectivity index is 1.97. The third-order valence-corrected chi connectivity index (χ3v) is 4.78. The van der Waals surface area contributed by atoms with Crippen LogP contribution in [0.15, 0.2) is 66.7 Å². The number of rotatable bonds is 1. The van der Waals surface area contributed by atoms with Gasteiger partial charge >= 0.3 is 0 Å². The summed E-state index contributed by atoms with van der Waals surface area (Å²) in [6.45, 7) is 2.09. The van der Waals surface area contributed by atoms with E-state index in [1.165, 1.54) is 5.56 Å². The van der Waals surface area contributed by atoms with Gasteiger partial charge in [-0.1, -0.05) is 65.7 Å². The number of hydrogen-bond acceptors (Lipinski definition) is 2. The quantitative estimate of drug-likeness (QED) is 0.393. The van der Waals surface area contributed by atoms with E-state index in [0.717, 1.165) is 38.7 Å². The number of nitrogens with zero attached hydrogens (tertiary/aromatic N) is 3. The first kappa shape index (κ1) is 14.4. The molecule has 0 spiro atoms. The minimum absolute atomic E-state index is 0.682. The van der Waals surface area contributed by atoms with Gasteiger partial charge in [0.05, 0.1) is 16.7 Å². The van der Waals surface area contributed by atoms with Crippen molar-refractivity contribution in [3.63, 3.8) is 0 Å². The van der Waals surface area contributed by atoms with Gasteiger partial charge in [-0.2, -0.15) is 5.10 Å². The lowest BCUT2D eigenvalue weighted by Crippen LogP contribution is -1.97. The standard InChI is InChI=1S/C21H14ClN3/c1-13-6-8-14(9-7-13)20-16-4-2-3-5-17(16)21-23-18-11-10-15(22)12-19(18)25(21)24-20/h2-12H,1H3. The Morgan fingerprint density at radius 1 is 0.880 bits per heavy atom. The molecule has 0 saturated heterocycles. The summed E-state index contributed by atoms with van der Waals surface area (Å²) in [5.74, 6) is 0. The van der Waals surface area contributed by atoms with E-state index >= 15 is 0 Å². The van der Waals surface area contributed by atoms with Gasteiger partial charge in [-0.25, -0.2) is 9.50 Å². The number of aromatic nitrogens is 3. The van der Waals surface area contributed by atoms with Crippen LogP contribution in [0, 0.1) is 6.92 Å². The van der Waals surface area contributed by atoms with Crippen molar-refractivity contribution in [1.82, 2.24) is 14.6 Å². The van der Waals surface area contributed by atoms with Crippen molar-refractivity contribution in [3.05, 3.63) is 77.3 Å². The van der Waals surface area contributed by atoms with Crippen molar-refractivity contribution < 1.29 is 0 Å². The smallest absolute Gasteiger partial charge is 0.162 e. The van der Waals surface area contributed by atoms with Crippen LogP contribution in [0.25, 0.3) is 38.7 Å². The van der Waals surface area contributed by atoms with Crippen LogP contribution >= 0.6 is 11.6 Å². The molecule has 0 saturated carbocycles. The molecular formula is C21H14ClN3. The predicted octanol–water partition coefficient (Wildman–Crippen LogP) is 5.66. The Hall–Kier alpha value is -2.91. The lowest BCUT2D eigenvalue weighted by Gasteiger charge is -2.08. The Bertz CT molecular complexity index is 1250. The van der Waals surface area contributed by atoms with Gasteiger partial charge in [-0.05, 0) is 25.1 Å². The van der Waals surface area contributed by atoms with E-state index in [9.17, 15) is 0 Å². The number of imidazole rings is 1. The van der Waals surface area contributed by atoms with Crippen molar-refractivity contribution in [2.75, 3.05) is 0 Å². The summed E-state index contributed by atoms with van der Waals surface area (Å²) in [7, 11) is 0. The summed E-state index contributed by atoms with van der Waals surface area (Å²) in [5, 5.41) is 7.79. The van der Waals surface area contributed by atoms with Crippen LogP contribution in [0.2, 0.25) is 5.02 Å². The fourth-order valence-corrected chi connectivity index (χ4v) is 3.44. The molecule has 0 N–H and O–H groups in total. The highest BCUT2D eigenvalue weighted by molar-refractivity contribution is 6.31. The van der Waals surface area contributed by atoms with E-state index in [-0.39, 0.29) is 0 Å². The molecule has 120 valence electrons. The molecule has 0 aliphatic carbocycles. The molecule has 3 nitrogen and oxygen atoms in total. The highest BCUT2D eigenvalue weighted by atomic mass is 35.5. The molecule has 3 aromatic carbocycles. The second-order valence-corrected chi connectivity index (χ2v) is 6.68. The Morgan fingerprint density at radius 2 is 1.64 bits per heavy atom. The summed E-state index contributed by atoms with van der Waals surface area (Å²) >= 11 is 6.20. The summed E-state index contributed by atoms with van der Waals surface area (Å²) in [4.78, 5) is 4.78. The van der Waals surface area contributed by atoms with Gasteiger partial charge in [0, 0.05) is 21.4 Å². The van der Waals surface area contributed by atoms with E-state index in [0.29, 0.717) is 5.02 Å². The predicted molar refractivity (Wildman–Crippen MR) is 103 cm³/mol. The van der Waals surface area contributed by atoms with Crippen LogP contribution in [-0.4, -0.2) is 14.6 Å². The maximum absolute atomic E-state index is 6.20. The average molecular weight is 344 g/mol. The Morgan fingerprint density at radius 3 is 2.44 bits per heavy atom. The van der Waals surface area contributed by atoms with Gasteiger partial charge in [0.1, 0.15) is 0 Å². The van der Waals surface area contributed by atoms with Crippen molar-refractivity contribution in [1.29, 1.82) is 0 Å². The van der Waals surface area contributed by atoms with Crippen LogP contribution in [0.5, 0.6) is 0 Å². The van der Waals surface area contributed by atoms with Crippen molar-refractivity contribution in [2.45, 2.75) is 6.92 Å². The molecule has 5 aromatic rings. The molecule has 0 amide bonds. The van der Waals surface area contributed by atoms with Crippen LogP contribution < -0.4 is 0 Å². The molecule has 25 heavy (non-hydrogen) atoms. The molecule has 0 fully saturated rings. The Kier molecular flexibility index (Phi) is 3.06. The fourth-order valence-electron chi connectivity index (χ4n) is 3.28. The van der Waals surface area contributed by atoms with Crippen molar-refractivity contribution in [3.8, 4) is 11.3 Å². The molecule has 0 atom stereocenters. The number of aryl methyl sites for hydroxylation is 1. The molecule has 0 bridgehead atoms. The lowest BCUT2D eigenvalue weighted by atomic mass is 10.0. The Labute approximate surface area is 149 Å². The maximum Gasteiger partial charge on any atom is 0.162 e. The minimum Gasteiger partial charge on any atom is -0.226 e. The molecular weight excluding hydrogens is 330 g/mol. The van der Waals surface area contributed by atoms with Gasteiger partial charge in [0.15, 0.2) is 5.65 Å². The van der Waals surface area contributed by atoms with E-state index in [4.69, 9.17) is 21.7 Å². The van der Waals surface area contributed by atoms with Gasteiger partial charge in [0.2, 0.25) is 0 Å². The molecule has 4 heteroatoms. The first-order valence-electron chi connectivity index (χ1n) is 8.14. The van der Waals surface area contributed by atoms with Crippen molar-refractivity contribution in [2.24, 2.45) is 0 Å². The third kappa shape index (κ3) is 2.20. The largest absolute Gasteiger partial charge is 0.226 e. The van der Waals surface area contributed by atoms with E-state index in [1.807, 2.05) is 34.8 Å². The van der Waals surface area contributed by atoms with Crippen LogP contribution in [-0.2, 0) is 0 Å². The molecule has 2 heterocycles. The first-order valence-corrected chi connectivity index (χ1v) is 8.52. The van der Waals surface area contributed by atoms with Gasteiger partial charge in [-0.3, -0.25) is 0 Å². The highest BCUT2D eigenvalue weighted by Crippen LogP contribution is 2.31. The molecule has 0 unspecified atom stereocenters. The summed E-state index contributed by atoms with van der Waals surface area (Å²) in [6.07, 6.45) is 0. The summed E-state index contributed by atoms with van der Waals surface area (Å²) < 4.78 is 1.90. The highest BCUT2D eigenvalue weighted by Gasteiger charge is 2.14. The van der Waals surface area contributed by atoms with E-state index in [2.05, 4.69) is 43.3 Å². The van der Waals surface area contributed by atoms with Crippen LogP contribution in [0.3, 0.4) is 0 Å². The van der Waals surface area contributed by atoms with Gasteiger partial charge < -0.3 is 0 Å². The fraction of sp³-hybridized carbons (Fsp3) is 0.0476. The second-order valence-electron chi connectivity index (χ2n) is 6.24. The van der Waals surface area contributed by atoms with E-state index in [1.54, 1.807) is 0 Å². The molecule has 2 aromatic heterocycles. The minimum atomic E-state index is 0.682. The first-order chi connectivity index (χ1) is 12.2. The average Bonchev–Trinajstić information content (AvgIpc) is 3.00. The van der Waals surface area contributed by atoms with Crippen LogP contribution in [0.1, 0.15) is 5.56 Å². The molecule has 0 aliphatic heterocycles. The van der Waals surface area contributed by atoms with Gasteiger partial charge in [0.25, 0.3) is 0 Å². The zero-order valence-corrected chi connectivity index (χ0v) is 14.3. The molecule has 5 rings (SSSR count). The normalized spacial score (nSPS) is 11.6. The van der Waals surface area contributed by atoms with Gasteiger partial charge in [-0.15, -0.1) is 0 Å². The zero-order valence-electron chi connectivity index (χ0n) is 13.6. The number of benzene rings is 3. The van der Waals surface area contributed by atoms with E-state index < -0.39 is 0 Å². The second kappa shape index (κ2) is 5.30. The number of hydrogen-bond donors (Lipinski definition) is 0. The molecule has 0 radical (unpaired) electrons. The topological polar surface area (TPSA) is 30.2 Å². The monoisotopic (exact) mass is 343 g/mol. The summed E-state index contributed by atoms with van der Waals surface area (Å²) in [5.41, 5.74) is 5.93. The maximum atomic E-state index is 6.20. The van der Waals surface area contributed by atoms with Crippen molar-refractivity contribution >= 4 is 39.1 Å². The summed E-state index contributed by atoms with van der Waals surface area (Å²) in [6, 6.07) is 22.4. The lowest BCUT2D eigenvalue weighted by molar-refractivity contribution is 0.985.